The molecule has 3 atom stereocenters. The number of rotatable bonds is 21. The number of aliphatic imine (C=N–C) groups is 1. The number of aromatic carboxylic acids is 1. The van der Waals surface area contributed by atoms with Crippen molar-refractivity contribution in [3.05, 3.63) is 135 Å². The lowest BCUT2D eigenvalue weighted by Crippen LogP contribution is -2.34. The van der Waals surface area contributed by atoms with Crippen molar-refractivity contribution < 1.29 is 43.2 Å². The summed E-state index contributed by atoms with van der Waals surface area (Å²) >= 11 is 0. The van der Waals surface area contributed by atoms with E-state index in [4.69, 9.17) is 23.9 Å². The van der Waals surface area contributed by atoms with Gasteiger partial charge >= 0.3 is 5.97 Å². The second kappa shape index (κ2) is 23.8. The highest BCUT2D eigenvalue weighted by Crippen LogP contribution is 2.51. The highest BCUT2D eigenvalue weighted by Gasteiger charge is 2.42. The minimum Gasteiger partial charge on any atom is -0.478 e. The summed E-state index contributed by atoms with van der Waals surface area (Å²) in [5, 5.41) is 19.6. The molecule has 4 aromatic rings. The van der Waals surface area contributed by atoms with Crippen molar-refractivity contribution in [3.63, 3.8) is 0 Å². The number of carboxylic acid groups (broad SMARTS) is 1. The maximum Gasteiger partial charge on any atom is 0.336 e. The second-order valence-corrected chi connectivity index (χ2v) is 17.0. The number of fused-ring (bicyclic) bond motifs is 4. The molecule has 0 bridgehead atoms. The Bertz CT molecular complexity index is 2610. The number of ether oxygens (including phenoxy) is 4. The molecule has 2 aliphatic heterocycles. The van der Waals surface area contributed by atoms with E-state index >= 15 is 0 Å². The summed E-state index contributed by atoms with van der Waals surface area (Å²) in [6.07, 6.45) is 2.87. The van der Waals surface area contributed by atoms with Gasteiger partial charge in [0.15, 0.2) is 0 Å². The Morgan fingerprint density at radius 1 is 0.824 bits per heavy atom. The normalized spacial score (nSPS) is 17.4. The molecule has 0 spiro atoms. The minimum atomic E-state index is -1.11. The fourth-order valence-electron chi connectivity index (χ4n) is 8.90. The third-order valence-corrected chi connectivity index (χ3v) is 12.3. The maximum atomic E-state index is 13.4. The van der Waals surface area contributed by atoms with E-state index in [1.165, 1.54) is 6.07 Å². The van der Waals surface area contributed by atoms with Crippen LogP contribution in [-0.2, 0) is 30.3 Å². The van der Waals surface area contributed by atoms with Crippen molar-refractivity contribution in [2.45, 2.75) is 59.4 Å². The smallest absolute Gasteiger partial charge is 0.336 e. The maximum absolute atomic E-state index is 13.4. The number of nitrogens with one attached hydrogen (secondary N) is 3. The Hall–Kier alpha value is -6.79. The van der Waals surface area contributed by atoms with Crippen molar-refractivity contribution in [2.75, 3.05) is 76.0 Å². The number of hydrogen-bond donors (Lipinski definition) is 4. The lowest BCUT2D eigenvalue weighted by atomic mass is 9.69. The van der Waals surface area contributed by atoms with Crippen LogP contribution in [0.1, 0.15) is 100 Å². The van der Waals surface area contributed by atoms with Gasteiger partial charge in [-0.15, -0.1) is 0 Å². The van der Waals surface area contributed by atoms with Crippen LogP contribution in [0.15, 0.2) is 95.7 Å². The number of amides is 3. The van der Waals surface area contributed by atoms with Crippen molar-refractivity contribution in [1.29, 1.82) is 0 Å². The van der Waals surface area contributed by atoms with E-state index in [1.807, 2.05) is 81.4 Å². The highest BCUT2D eigenvalue weighted by atomic mass is 16.5. The Morgan fingerprint density at radius 2 is 1.51 bits per heavy atom. The average Bonchev–Trinajstić information content (AvgIpc) is 3.33. The van der Waals surface area contributed by atoms with E-state index in [2.05, 4.69) is 40.8 Å². The first kappa shape index (κ1) is 49.1. The second-order valence-electron chi connectivity index (χ2n) is 17.0. The summed E-state index contributed by atoms with van der Waals surface area (Å²) in [4.78, 5) is 58.5. The summed E-state index contributed by atoms with van der Waals surface area (Å²) in [6.45, 7) is 12.3. The predicted octanol–water partition coefficient (Wildman–Crippen LogP) is 7.27. The summed E-state index contributed by atoms with van der Waals surface area (Å²) in [6, 6.07) is 24.3. The van der Waals surface area contributed by atoms with E-state index in [0.717, 1.165) is 63.6 Å². The van der Waals surface area contributed by atoms with Crippen LogP contribution in [-0.4, -0.2) is 100 Å². The summed E-state index contributed by atoms with van der Waals surface area (Å²) in [5.41, 5.74) is 8.16. The van der Waals surface area contributed by atoms with Crippen LogP contribution in [0.3, 0.4) is 0 Å². The molecule has 14 nitrogen and oxygen atoms in total. The van der Waals surface area contributed by atoms with Crippen LogP contribution in [0.2, 0.25) is 0 Å². The number of aryl methyl sites for hydroxylation is 1. The molecule has 1 aliphatic carbocycles. The fraction of sp³-hybridized carbons (Fsp3) is 0.389. The lowest BCUT2D eigenvalue weighted by molar-refractivity contribution is -0.125. The zero-order valence-corrected chi connectivity index (χ0v) is 39.3. The van der Waals surface area contributed by atoms with Crippen LogP contribution < -0.4 is 25.6 Å². The van der Waals surface area contributed by atoms with Crippen molar-refractivity contribution in [3.8, 4) is 17.6 Å². The van der Waals surface area contributed by atoms with Gasteiger partial charge in [0.2, 0.25) is 11.8 Å². The number of carbonyl (C=O) groups is 4. The number of nitrogens with zero attached hydrogens (tertiary/aromatic N) is 2. The van der Waals surface area contributed by atoms with Crippen molar-refractivity contribution in [1.82, 2.24) is 10.6 Å². The van der Waals surface area contributed by atoms with Gasteiger partial charge in [0, 0.05) is 90.6 Å². The third-order valence-electron chi connectivity index (χ3n) is 12.3. The van der Waals surface area contributed by atoms with Gasteiger partial charge in [0.05, 0.1) is 57.4 Å². The first-order valence-electron chi connectivity index (χ1n) is 23.5. The first-order valence-corrected chi connectivity index (χ1v) is 23.5. The van der Waals surface area contributed by atoms with E-state index < -0.39 is 11.9 Å². The van der Waals surface area contributed by atoms with Gasteiger partial charge in [0.1, 0.15) is 11.5 Å². The molecule has 0 radical (unpaired) electrons. The van der Waals surface area contributed by atoms with Crippen LogP contribution in [0.5, 0.6) is 5.75 Å². The molecule has 356 valence electrons. The molecule has 3 unspecified atom stereocenters. The number of allylic oxidation sites excluding steroid dienone is 2. The zero-order valence-electron chi connectivity index (χ0n) is 39.3. The van der Waals surface area contributed by atoms with Gasteiger partial charge in [-0.05, 0) is 92.3 Å². The van der Waals surface area contributed by atoms with Crippen molar-refractivity contribution in [2.24, 2.45) is 16.8 Å². The van der Waals surface area contributed by atoms with E-state index in [9.17, 15) is 24.3 Å². The van der Waals surface area contributed by atoms with Crippen LogP contribution in [0, 0.1) is 30.6 Å². The summed E-state index contributed by atoms with van der Waals surface area (Å²) < 4.78 is 23.4. The lowest BCUT2D eigenvalue weighted by Gasteiger charge is -2.40. The number of anilines is 2. The third kappa shape index (κ3) is 12.2. The number of carboxylic acids is 1. The van der Waals surface area contributed by atoms with Gasteiger partial charge < -0.3 is 44.9 Å². The first-order chi connectivity index (χ1) is 33.1. The Kier molecular flexibility index (Phi) is 17.2. The largest absolute Gasteiger partial charge is 0.478 e. The molecule has 68 heavy (non-hydrogen) atoms. The molecule has 14 heteroatoms. The highest BCUT2D eigenvalue weighted by molar-refractivity contribution is 6.00. The van der Waals surface area contributed by atoms with Gasteiger partial charge in [-0.1, -0.05) is 55.2 Å². The molecule has 3 aliphatic rings. The zero-order chi connectivity index (χ0) is 48.0. The molecular formula is C54H61N5O9. The Morgan fingerprint density at radius 3 is 2.25 bits per heavy atom. The van der Waals surface area contributed by atoms with Gasteiger partial charge in [-0.3, -0.25) is 19.4 Å². The molecule has 4 N–H and O–H groups in total. The number of benzene rings is 4. The van der Waals surface area contributed by atoms with E-state index in [1.54, 1.807) is 17.0 Å². The van der Waals surface area contributed by atoms with E-state index in [0.29, 0.717) is 64.0 Å². The fourth-order valence-corrected chi connectivity index (χ4v) is 8.90. The molecule has 2 heterocycles. The van der Waals surface area contributed by atoms with Gasteiger partial charge in [-0.25, -0.2) is 4.79 Å². The topological polar surface area (TPSA) is 177 Å². The van der Waals surface area contributed by atoms with E-state index in [-0.39, 0.29) is 66.7 Å². The number of carbonyl (C=O) groups excluding carboxylic acids is 3. The van der Waals surface area contributed by atoms with Crippen LogP contribution in [0.25, 0.3) is 0 Å². The predicted molar refractivity (Wildman–Crippen MR) is 262 cm³/mol. The molecule has 0 fully saturated rings. The van der Waals surface area contributed by atoms with Gasteiger partial charge in [-0.2, -0.15) is 0 Å². The SMILES string of the molecule is CCN=C1C=C2Oc3cc(NCC)c(C)cc3C(c3ccc(C(=O)NCCOCCOCCOCCNC(=O)CCC(=O)N4Cc5ccccc5C#Cc5ccccc54)cc3C(=O)O)C2CC1C. The molecular weight excluding hydrogens is 863 g/mol. The Balaban J connectivity index is 0.800. The van der Waals surface area contributed by atoms with Crippen LogP contribution >= 0.6 is 0 Å². The van der Waals surface area contributed by atoms with Crippen LogP contribution in [0.4, 0.5) is 11.4 Å². The number of hydrogen-bond acceptors (Lipinski definition) is 10. The molecule has 0 saturated heterocycles. The molecule has 0 aromatic heterocycles. The Labute approximate surface area is 398 Å². The summed E-state index contributed by atoms with van der Waals surface area (Å²) in [7, 11) is 0. The molecule has 4 aromatic carbocycles. The van der Waals surface area contributed by atoms with Gasteiger partial charge in [0.25, 0.3) is 5.91 Å². The molecule has 7 rings (SSSR count). The van der Waals surface area contributed by atoms with Crippen molar-refractivity contribution >= 4 is 40.8 Å². The molecule has 0 saturated carbocycles. The summed E-state index contributed by atoms with van der Waals surface area (Å²) in [5.74, 6) is 5.69. The minimum absolute atomic E-state index is 0.0523. The number of para-hydroxylation sites is 1. The average molecular weight is 924 g/mol. The molecule has 3 amide bonds. The standard InChI is InChI=1S/C54H61N5O9/c1-5-55-45-32-48-43(29-35(45)3)52(44-30-36(4)46(56-6-2)33-49(44)68-48)41-18-17-39(31-42(41)54(63)64)53(62)58-22-24-66-26-28-67-27-25-65-23-21-57-50(60)19-20-51(61)59-34-40-13-8-7-11-37(40)15-16-38-12-9-10-14-47(38)59/h7-14,17-18,29,31-33,36,44,52,55H,5-6,19-28,30,34H2,1-4H3,(H,57,60)(H,58,62)(H,63,64). The monoisotopic (exact) mass is 923 g/mol. The quantitative estimate of drug-likeness (QED) is 0.0491.